The van der Waals surface area contributed by atoms with Gasteiger partial charge in [0.15, 0.2) is 0 Å². The largest absolute Gasteiger partial charge is 0.334 e. The summed E-state index contributed by atoms with van der Waals surface area (Å²) in [5.41, 5.74) is 6.76. The summed E-state index contributed by atoms with van der Waals surface area (Å²) in [6.45, 7) is 6.55. The highest BCUT2D eigenvalue weighted by Gasteiger charge is 2.46. The van der Waals surface area contributed by atoms with E-state index in [0.29, 0.717) is 6.54 Å². The van der Waals surface area contributed by atoms with E-state index in [-0.39, 0.29) is 18.0 Å². The van der Waals surface area contributed by atoms with Gasteiger partial charge in [-0.3, -0.25) is 4.79 Å². The van der Waals surface area contributed by atoms with Gasteiger partial charge in [0.05, 0.1) is 11.5 Å². The molecule has 1 aliphatic heterocycles. The fourth-order valence-corrected chi connectivity index (χ4v) is 2.30. The zero-order chi connectivity index (χ0) is 12.6. The van der Waals surface area contributed by atoms with Crippen molar-refractivity contribution in [1.29, 1.82) is 0 Å². The fourth-order valence-electron chi connectivity index (χ4n) is 2.30. The van der Waals surface area contributed by atoms with Gasteiger partial charge in [-0.15, -0.1) is 0 Å². The van der Waals surface area contributed by atoms with Crippen molar-refractivity contribution in [2.45, 2.75) is 32.9 Å². The van der Waals surface area contributed by atoms with Crippen LogP contribution >= 0.6 is 0 Å². The Morgan fingerprint density at radius 3 is 2.41 bits per heavy atom. The Morgan fingerprint density at radius 1 is 1.35 bits per heavy atom. The van der Waals surface area contributed by atoms with Gasteiger partial charge in [-0.05, 0) is 26.3 Å². The highest BCUT2D eigenvalue weighted by atomic mass is 16.2. The maximum atomic E-state index is 12.3. The maximum absolute atomic E-state index is 12.3. The van der Waals surface area contributed by atoms with Crippen LogP contribution in [0.25, 0.3) is 0 Å². The summed E-state index contributed by atoms with van der Waals surface area (Å²) in [7, 11) is 0. The summed E-state index contributed by atoms with van der Waals surface area (Å²) in [5.74, 6) is 0.154. The first kappa shape index (κ1) is 12.1. The molecule has 0 aromatic heterocycles. The summed E-state index contributed by atoms with van der Waals surface area (Å²) in [6, 6.07) is 10.1. The number of hydrogen-bond donors (Lipinski definition) is 1. The lowest BCUT2D eigenvalue weighted by Crippen LogP contribution is -2.37. The minimum atomic E-state index is -0.441. The molecule has 1 aromatic carbocycles. The van der Waals surface area contributed by atoms with Gasteiger partial charge in [0.2, 0.25) is 5.91 Å². The number of likely N-dealkylation sites (tertiary alicyclic amines) is 1. The number of benzene rings is 1. The first-order valence-electron chi connectivity index (χ1n) is 6.06. The number of rotatable bonds is 2. The Kier molecular flexibility index (Phi) is 2.96. The van der Waals surface area contributed by atoms with Gasteiger partial charge in [0.25, 0.3) is 0 Å². The van der Waals surface area contributed by atoms with Crippen molar-refractivity contribution >= 4 is 5.91 Å². The standard InChI is InChI=1S/C14H20N2O/c1-10(11-7-5-4-6-8-11)16-9-12(15)14(2,3)13(16)17/h4-8,10,12H,9,15H2,1-3H3/t10?,12-/m0/s1. The average Bonchev–Trinajstić information content (AvgIpc) is 2.53. The van der Waals surface area contributed by atoms with Crippen molar-refractivity contribution in [3.05, 3.63) is 35.9 Å². The second-order valence-corrected chi connectivity index (χ2v) is 5.37. The lowest BCUT2D eigenvalue weighted by atomic mass is 9.88. The number of nitrogens with two attached hydrogens (primary N) is 1. The molecule has 1 heterocycles. The molecule has 2 atom stereocenters. The number of carbonyl (C=O) groups excluding carboxylic acids is 1. The molecule has 3 heteroatoms. The second kappa shape index (κ2) is 4.15. The van der Waals surface area contributed by atoms with E-state index in [0.717, 1.165) is 5.56 Å². The minimum absolute atomic E-state index is 0.0823. The van der Waals surface area contributed by atoms with Crippen LogP contribution < -0.4 is 5.73 Å². The van der Waals surface area contributed by atoms with E-state index in [4.69, 9.17) is 5.73 Å². The second-order valence-electron chi connectivity index (χ2n) is 5.37. The van der Waals surface area contributed by atoms with Gasteiger partial charge >= 0.3 is 0 Å². The number of carbonyl (C=O) groups is 1. The highest BCUT2D eigenvalue weighted by Crippen LogP contribution is 2.35. The van der Waals surface area contributed by atoms with Crippen LogP contribution in [-0.2, 0) is 4.79 Å². The van der Waals surface area contributed by atoms with Crippen LogP contribution in [-0.4, -0.2) is 23.4 Å². The van der Waals surface area contributed by atoms with E-state index in [2.05, 4.69) is 19.1 Å². The monoisotopic (exact) mass is 232 g/mol. The first-order valence-corrected chi connectivity index (χ1v) is 6.06. The van der Waals surface area contributed by atoms with Crippen LogP contribution in [0.5, 0.6) is 0 Å². The third-order valence-electron chi connectivity index (χ3n) is 3.88. The van der Waals surface area contributed by atoms with Gasteiger partial charge in [0, 0.05) is 12.6 Å². The van der Waals surface area contributed by atoms with Gasteiger partial charge in [0.1, 0.15) is 0 Å². The van der Waals surface area contributed by atoms with Crippen LogP contribution in [0.15, 0.2) is 30.3 Å². The Hall–Kier alpha value is -1.35. The van der Waals surface area contributed by atoms with Gasteiger partial charge in [-0.25, -0.2) is 0 Å². The molecule has 17 heavy (non-hydrogen) atoms. The van der Waals surface area contributed by atoms with Gasteiger partial charge < -0.3 is 10.6 Å². The molecule has 3 nitrogen and oxygen atoms in total. The van der Waals surface area contributed by atoms with Crippen molar-refractivity contribution < 1.29 is 4.79 Å². The molecule has 0 radical (unpaired) electrons. The van der Waals surface area contributed by atoms with Gasteiger partial charge in [-0.1, -0.05) is 30.3 Å². The molecule has 0 spiro atoms. The topological polar surface area (TPSA) is 46.3 Å². The first-order chi connectivity index (χ1) is 7.94. The predicted octanol–water partition coefficient (Wildman–Crippen LogP) is 1.94. The van der Waals surface area contributed by atoms with E-state index < -0.39 is 5.41 Å². The Balaban J connectivity index is 2.23. The highest BCUT2D eigenvalue weighted by molar-refractivity contribution is 5.85. The van der Waals surface area contributed by atoms with E-state index in [1.807, 2.05) is 36.9 Å². The average molecular weight is 232 g/mol. The van der Waals surface area contributed by atoms with Crippen molar-refractivity contribution in [3.63, 3.8) is 0 Å². The molecule has 2 N–H and O–H groups in total. The van der Waals surface area contributed by atoms with Crippen LogP contribution in [0.1, 0.15) is 32.4 Å². The van der Waals surface area contributed by atoms with E-state index >= 15 is 0 Å². The molecule has 1 unspecified atom stereocenters. The summed E-state index contributed by atoms with van der Waals surface area (Å²) >= 11 is 0. The summed E-state index contributed by atoms with van der Waals surface area (Å²) in [5, 5.41) is 0. The molecule has 0 aliphatic carbocycles. The molecule has 1 fully saturated rings. The lowest BCUT2D eigenvalue weighted by Gasteiger charge is -2.26. The smallest absolute Gasteiger partial charge is 0.230 e. The normalized spacial score (nSPS) is 25.1. The van der Waals surface area contributed by atoms with Crippen molar-refractivity contribution in [3.8, 4) is 0 Å². The quantitative estimate of drug-likeness (QED) is 0.847. The molecule has 92 valence electrons. The molecule has 1 aliphatic rings. The molecular formula is C14H20N2O. The molecule has 0 bridgehead atoms. The van der Waals surface area contributed by atoms with Crippen molar-refractivity contribution in [2.24, 2.45) is 11.1 Å². The Bertz CT molecular complexity index is 413. The van der Waals surface area contributed by atoms with E-state index in [9.17, 15) is 4.79 Å². The van der Waals surface area contributed by atoms with Crippen LogP contribution in [0.2, 0.25) is 0 Å². The molecule has 0 saturated carbocycles. The van der Waals surface area contributed by atoms with Crippen LogP contribution in [0.4, 0.5) is 0 Å². The van der Waals surface area contributed by atoms with Crippen molar-refractivity contribution in [1.82, 2.24) is 4.90 Å². The summed E-state index contributed by atoms with van der Waals surface area (Å²) < 4.78 is 0. The van der Waals surface area contributed by atoms with Crippen molar-refractivity contribution in [2.75, 3.05) is 6.54 Å². The van der Waals surface area contributed by atoms with Crippen LogP contribution in [0.3, 0.4) is 0 Å². The maximum Gasteiger partial charge on any atom is 0.230 e. The third kappa shape index (κ3) is 1.95. The zero-order valence-corrected chi connectivity index (χ0v) is 10.7. The van der Waals surface area contributed by atoms with E-state index in [1.165, 1.54) is 0 Å². The lowest BCUT2D eigenvalue weighted by molar-refractivity contribution is -0.136. The molecule has 2 rings (SSSR count). The minimum Gasteiger partial charge on any atom is -0.334 e. The molecule has 1 saturated heterocycles. The summed E-state index contributed by atoms with van der Waals surface area (Å²) in [6.07, 6.45) is 0. The predicted molar refractivity (Wildman–Crippen MR) is 68.3 cm³/mol. The molecule has 1 amide bonds. The third-order valence-corrected chi connectivity index (χ3v) is 3.88. The fraction of sp³-hybridized carbons (Fsp3) is 0.500. The van der Waals surface area contributed by atoms with E-state index in [1.54, 1.807) is 0 Å². The number of hydrogen-bond acceptors (Lipinski definition) is 2. The Labute approximate surface area is 103 Å². The van der Waals surface area contributed by atoms with Crippen LogP contribution in [0, 0.1) is 5.41 Å². The zero-order valence-electron chi connectivity index (χ0n) is 10.7. The SMILES string of the molecule is CC(c1ccccc1)N1C[C@H](N)C(C)(C)C1=O. The number of amides is 1. The van der Waals surface area contributed by atoms with Gasteiger partial charge in [-0.2, -0.15) is 0 Å². The molecular weight excluding hydrogens is 212 g/mol. The number of nitrogens with zero attached hydrogens (tertiary/aromatic N) is 1. The molecule has 1 aromatic rings. The Morgan fingerprint density at radius 2 is 1.94 bits per heavy atom. The summed E-state index contributed by atoms with van der Waals surface area (Å²) in [4.78, 5) is 14.2.